The van der Waals surface area contributed by atoms with Gasteiger partial charge in [0.15, 0.2) is 17.4 Å². The second-order valence-electron chi connectivity index (χ2n) is 7.76. The predicted molar refractivity (Wildman–Crippen MR) is 123 cm³/mol. The van der Waals surface area contributed by atoms with Gasteiger partial charge in [0.1, 0.15) is 11.5 Å². The summed E-state index contributed by atoms with van der Waals surface area (Å²) in [7, 11) is 0. The number of benzene rings is 3. The molecule has 0 spiro atoms. The first-order valence-corrected chi connectivity index (χ1v) is 11.4. The maximum Gasteiger partial charge on any atom is 0.343 e. The monoisotopic (exact) mass is 490 g/mol. The fourth-order valence-corrected chi connectivity index (χ4v) is 3.34. The third-order valence-corrected chi connectivity index (χ3v) is 5.26. The maximum absolute atomic E-state index is 14.4. The van der Waals surface area contributed by atoms with Crippen molar-refractivity contribution in [3.05, 3.63) is 88.5 Å². The molecule has 0 aromatic heterocycles. The lowest BCUT2D eigenvalue weighted by Gasteiger charge is -2.13. The minimum Gasteiger partial charge on any atom is -0.494 e. The van der Waals surface area contributed by atoms with Gasteiger partial charge in [-0.15, -0.1) is 0 Å². The van der Waals surface area contributed by atoms with Gasteiger partial charge in [0.05, 0.1) is 18.8 Å². The summed E-state index contributed by atoms with van der Waals surface area (Å²) in [6, 6.07) is 12.8. The largest absolute Gasteiger partial charge is 0.494 e. The van der Waals surface area contributed by atoms with Crippen molar-refractivity contribution >= 4 is 5.97 Å². The molecule has 4 nitrogen and oxygen atoms in total. The molecule has 0 atom stereocenters. The number of ether oxygens (including phenoxy) is 3. The third kappa shape index (κ3) is 6.53. The van der Waals surface area contributed by atoms with E-state index in [4.69, 9.17) is 14.2 Å². The summed E-state index contributed by atoms with van der Waals surface area (Å²) in [4.78, 5) is 12.4. The smallest absolute Gasteiger partial charge is 0.343 e. The molecule has 3 aromatic rings. The van der Waals surface area contributed by atoms with Gasteiger partial charge in [-0.2, -0.15) is 8.78 Å². The van der Waals surface area contributed by atoms with Gasteiger partial charge in [0.25, 0.3) is 0 Å². The van der Waals surface area contributed by atoms with Crippen LogP contribution in [0.25, 0.3) is 0 Å². The topological polar surface area (TPSA) is 44.8 Å². The van der Waals surface area contributed by atoms with E-state index in [-0.39, 0.29) is 25.0 Å². The molecule has 0 saturated carbocycles. The van der Waals surface area contributed by atoms with Crippen molar-refractivity contribution in [1.82, 2.24) is 0 Å². The molecule has 0 aliphatic rings. The van der Waals surface area contributed by atoms with E-state index in [1.165, 1.54) is 12.1 Å². The molecule has 8 heteroatoms. The van der Waals surface area contributed by atoms with Crippen LogP contribution in [0.3, 0.4) is 0 Å². The Morgan fingerprint density at radius 2 is 1.34 bits per heavy atom. The van der Waals surface area contributed by atoms with Crippen molar-refractivity contribution in [2.75, 3.05) is 13.2 Å². The highest BCUT2D eigenvalue weighted by Gasteiger charge is 2.26. The zero-order chi connectivity index (χ0) is 25.4. The normalized spacial score (nSPS) is 10.8. The van der Waals surface area contributed by atoms with Crippen LogP contribution in [-0.2, 0) is 12.8 Å². The molecule has 186 valence electrons. The SMILES string of the molecule is CCCCOc1c(F)c(F)c(CCc2ccc(C(=O)Oc3ccc(OCC)cc3)cc2)c(F)c1F. The average Bonchev–Trinajstić information content (AvgIpc) is 2.86. The van der Waals surface area contributed by atoms with Gasteiger partial charge < -0.3 is 14.2 Å². The molecule has 0 fully saturated rings. The summed E-state index contributed by atoms with van der Waals surface area (Å²) in [5.41, 5.74) is 0.193. The second kappa shape index (κ2) is 12.2. The number of hydrogen-bond donors (Lipinski definition) is 0. The Labute approximate surface area is 201 Å². The van der Waals surface area contributed by atoms with Crippen molar-refractivity contribution in [1.29, 1.82) is 0 Å². The summed E-state index contributed by atoms with van der Waals surface area (Å²) in [6.07, 6.45) is 1.01. The molecule has 3 aromatic carbocycles. The number of hydrogen-bond acceptors (Lipinski definition) is 4. The molecule has 0 unspecified atom stereocenters. The zero-order valence-corrected chi connectivity index (χ0v) is 19.5. The van der Waals surface area contributed by atoms with Crippen LogP contribution in [0, 0.1) is 23.3 Å². The first-order valence-electron chi connectivity index (χ1n) is 11.4. The van der Waals surface area contributed by atoms with Crippen molar-refractivity contribution in [3.8, 4) is 17.2 Å². The standard InChI is InChI=1S/C27H26F4O4/c1-3-5-16-34-26-24(30)22(28)21(23(29)25(26)31)15-8-17-6-9-18(10-7-17)27(32)35-20-13-11-19(12-14-20)33-4-2/h6-7,9-14H,3-5,8,15-16H2,1-2H3. The highest BCUT2D eigenvalue weighted by atomic mass is 19.2. The van der Waals surface area contributed by atoms with E-state index < -0.39 is 40.6 Å². The molecule has 0 amide bonds. The van der Waals surface area contributed by atoms with E-state index in [1.807, 2.05) is 13.8 Å². The summed E-state index contributed by atoms with van der Waals surface area (Å²) < 4.78 is 73.0. The van der Waals surface area contributed by atoms with Crippen molar-refractivity contribution in [2.45, 2.75) is 39.5 Å². The van der Waals surface area contributed by atoms with Gasteiger partial charge in [0.2, 0.25) is 11.6 Å². The third-order valence-electron chi connectivity index (χ3n) is 5.26. The molecule has 0 bridgehead atoms. The van der Waals surface area contributed by atoms with Crippen LogP contribution in [0.5, 0.6) is 17.2 Å². The number of aryl methyl sites for hydroxylation is 1. The first kappa shape index (κ1) is 26.1. The Morgan fingerprint density at radius 3 is 1.91 bits per heavy atom. The fraction of sp³-hybridized carbons (Fsp3) is 0.296. The maximum atomic E-state index is 14.4. The van der Waals surface area contributed by atoms with Crippen molar-refractivity contribution in [2.24, 2.45) is 0 Å². The molecule has 3 rings (SSSR count). The minimum atomic E-state index is -1.54. The molecule has 35 heavy (non-hydrogen) atoms. The van der Waals surface area contributed by atoms with E-state index in [9.17, 15) is 22.4 Å². The van der Waals surface area contributed by atoms with Gasteiger partial charge in [-0.3, -0.25) is 0 Å². The summed E-state index contributed by atoms with van der Waals surface area (Å²) >= 11 is 0. The van der Waals surface area contributed by atoms with Gasteiger partial charge >= 0.3 is 5.97 Å². The van der Waals surface area contributed by atoms with Crippen molar-refractivity contribution < 1.29 is 36.6 Å². The molecule has 0 radical (unpaired) electrons. The zero-order valence-electron chi connectivity index (χ0n) is 19.5. The molecule has 0 N–H and O–H groups in total. The molecule has 0 aliphatic carbocycles. The van der Waals surface area contributed by atoms with Gasteiger partial charge in [-0.25, -0.2) is 13.6 Å². The number of carbonyl (C=O) groups excluding carboxylic acids is 1. The van der Waals surface area contributed by atoms with Gasteiger partial charge in [-0.05, 0) is 68.1 Å². The lowest BCUT2D eigenvalue weighted by atomic mass is 10.0. The van der Waals surface area contributed by atoms with E-state index in [0.717, 1.165) is 0 Å². The lowest BCUT2D eigenvalue weighted by Crippen LogP contribution is -2.10. The van der Waals surface area contributed by atoms with Crippen LogP contribution in [0.1, 0.15) is 48.2 Å². The molecule has 0 aliphatic heterocycles. The number of carbonyl (C=O) groups is 1. The minimum absolute atomic E-state index is 0.0457. The Hall–Kier alpha value is -3.55. The number of unbranched alkanes of at least 4 members (excludes halogenated alkanes) is 1. The van der Waals surface area contributed by atoms with Crippen molar-refractivity contribution in [3.63, 3.8) is 0 Å². The Morgan fingerprint density at radius 1 is 0.743 bits per heavy atom. The molecular weight excluding hydrogens is 464 g/mol. The van der Waals surface area contributed by atoms with Crippen LogP contribution in [0.2, 0.25) is 0 Å². The molecular formula is C27H26F4O4. The highest BCUT2D eigenvalue weighted by molar-refractivity contribution is 5.91. The van der Waals surface area contributed by atoms with E-state index >= 15 is 0 Å². The van der Waals surface area contributed by atoms with Crippen LogP contribution in [0.4, 0.5) is 17.6 Å². The van der Waals surface area contributed by atoms with Crippen LogP contribution >= 0.6 is 0 Å². The fourth-order valence-electron chi connectivity index (χ4n) is 3.34. The predicted octanol–water partition coefficient (Wildman–Crippen LogP) is 6.83. The van der Waals surface area contributed by atoms with E-state index in [1.54, 1.807) is 36.4 Å². The van der Waals surface area contributed by atoms with Crippen LogP contribution in [0.15, 0.2) is 48.5 Å². The van der Waals surface area contributed by atoms with Gasteiger partial charge in [-0.1, -0.05) is 25.5 Å². The van der Waals surface area contributed by atoms with Crippen LogP contribution in [-0.4, -0.2) is 19.2 Å². The van der Waals surface area contributed by atoms with Crippen LogP contribution < -0.4 is 14.2 Å². The van der Waals surface area contributed by atoms with E-state index in [2.05, 4.69) is 0 Å². The Kier molecular flexibility index (Phi) is 9.11. The van der Waals surface area contributed by atoms with Gasteiger partial charge in [0, 0.05) is 5.56 Å². The number of esters is 1. The Balaban J connectivity index is 1.64. The molecule has 0 saturated heterocycles. The first-order chi connectivity index (χ1) is 16.8. The average molecular weight is 490 g/mol. The highest BCUT2D eigenvalue weighted by Crippen LogP contribution is 2.31. The number of rotatable bonds is 11. The van der Waals surface area contributed by atoms with E-state index in [0.29, 0.717) is 36.5 Å². The summed E-state index contributed by atoms with van der Waals surface area (Å²) in [6.45, 7) is 4.18. The Bertz CT molecular complexity index is 1120. The lowest BCUT2D eigenvalue weighted by molar-refractivity contribution is 0.0734. The second-order valence-corrected chi connectivity index (χ2v) is 7.76. The molecule has 0 heterocycles. The summed E-state index contributed by atoms with van der Waals surface area (Å²) in [5, 5.41) is 0. The summed E-state index contributed by atoms with van der Waals surface area (Å²) in [5.74, 6) is -6.63. The number of halogens is 4. The quantitative estimate of drug-likeness (QED) is 0.0972.